The van der Waals surface area contributed by atoms with E-state index in [-0.39, 0.29) is 11.5 Å². The van der Waals surface area contributed by atoms with Gasteiger partial charge in [-0.25, -0.2) is 0 Å². The maximum Gasteiger partial charge on any atom is 0.255 e. The summed E-state index contributed by atoms with van der Waals surface area (Å²) < 4.78 is 0. The Morgan fingerprint density at radius 3 is 2.43 bits per heavy atom. The highest BCUT2D eigenvalue weighted by Crippen LogP contribution is 2.17. The summed E-state index contributed by atoms with van der Waals surface area (Å²) >= 11 is 0. The van der Waals surface area contributed by atoms with Gasteiger partial charge in [-0.1, -0.05) is 25.1 Å². The molecule has 6 heteroatoms. The standard InChI is InChI=1S/C17H17N3O3/c1-2-15(21)19-12-7-5-6-11(10-12)17(23)20-14-9-4-3-8-13(14)16(18)22/h3-10H,2H2,1H3,(H2,18,22)(H,19,21)(H,20,23). The van der Waals surface area contributed by atoms with E-state index in [1.807, 2.05) is 0 Å². The van der Waals surface area contributed by atoms with Crippen LogP contribution in [0.4, 0.5) is 11.4 Å². The molecule has 2 aromatic rings. The van der Waals surface area contributed by atoms with E-state index in [1.54, 1.807) is 49.4 Å². The minimum Gasteiger partial charge on any atom is -0.366 e. The van der Waals surface area contributed by atoms with Gasteiger partial charge >= 0.3 is 0 Å². The molecule has 2 aromatic carbocycles. The van der Waals surface area contributed by atoms with E-state index in [1.165, 1.54) is 6.07 Å². The topological polar surface area (TPSA) is 101 Å². The Hall–Kier alpha value is -3.15. The molecule has 0 aliphatic carbocycles. The molecule has 3 amide bonds. The fourth-order valence-electron chi connectivity index (χ4n) is 1.99. The average Bonchev–Trinajstić information content (AvgIpc) is 2.55. The lowest BCUT2D eigenvalue weighted by atomic mass is 10.1. The number of para-hydroxylation sites is 1. The van der Waals surface area contributed by atoms with Crippen molar-refractivity contribution in [3.63, 3.8) is 0 Å². The molecule has 23 heavy (non-hydrogen) atoms. The summed E-state index contributed by atoms with van der Waals surface area (Å²) in [5.74, 6) is -1.15. The van der Waals surface area contributed by atoms with Gasteiger partial charge in [0.15, 0.2) is 0 Å². The predicted octanol–water partition coefficient (Wildman–Crippen LogP) is 2.39. The van der Waals surface area contributed by atoms with Crippen molar-refractivity contribution in [3.05, 3.63) is 59.7 Å². The first-order chi connectivity index (χ1) is 11.0. The lowest BCUT2D eigenvalue weighted by Gasteiger charge is -2.10. The number of carbonyl (C=O) groups excluding carboxylic acids is 3. The van der Waals surface area contributed by atoms with Crippen LogP contribution >= 0.6 is 0 Å². The second-order valence-corrected chi connectivity index (χ2v) is 4.85. The fourth-order valence-corrected chi connectivity index (χ4v) is 1.99. The number of carbonyl (C=O) groups is 3. The third-order valence-electron chi connectivity index (χ3n) is 3.17. The van der Waals surface area contributed by atoms with Crippen molar-refractivity contribution in [1.82, 2.24) is 0 Å². The number of benzene rings is 2. The summed E-state index contributed by atoms with van der Waals surface area (Å²) in [5, 5.41) is 5.34. The van der Waals surface area contributed by atoms with Gasteiger partial charge in [-0.05, 0) is 30.3 Å². The summed E-state index contributed by atoms with van der Waals surface area (Å²) in [6.45, 7) is 1.74. The molecular weight excluding hydrogens is 294 g/mol. The lowest BCUT2D eigenvalue weighted by molar-refractivity contribution is -0.115. The Bertz CT molecular complexity index is 756. The van der Waals surface area contributed by atoms with Crippen LogP contribution < -0.4 is 16.4 Å². The highest BCUT2D eigenvalue weighted by Gasteiger charge is 2.12. The Kier molecular flexibility index (Phi) is 5.09. The first kappa shape index (κ1) is 16.2. The second-order valence-electron chi connectivity index (χ2n) is 4.85. The molecule has 0 aliphatic rings. The fraction of sp³-hybridized carbons (Fsp3) is 0.118. The number of rotatable bonds is 5. The van der Waals surface area contributed by atoms with Crippen molar-refractivity contribution in [3.8, 4) is 0 Å². The molecule has 0 radical (unpaired) electrons. The zero-order valence-corrected chi connectivity index (χ0v) is 12.6. The number of hydrogen-bond donors (Lipinski definition) is 3. The summed E-state index contributed by atoms with van der Waals surface area (Å²) in [4.78, 5) is 35.1. The SMILES string of the molecule is CCC(=O)Nc1cccc(C(=O)Nc2ccccc2C(N)=O)c1. The quantitative estimate of drug-likeness (QED) is 0.790. The largest absolute Gasteiger partial charge is 0.366 e. The first-order valence-corrected chi connectivity index (χ1v) is 7.11. The van der Waals surface area contributed by atoms with Crippen molar-refractivity contribution in [2.45, 2.75) is 13.3 Å². The summed E-state index contributed by atoms with van der Waals surface area (Å²) in [6.07, 6.45) is 0.350. The van der Waals surface area contributed by atoms with Crippen LogP contribution in [0.2, 0.25) is 0 Å². The van der Waals surface area contributed by atoms with Gasteiger partial charge in [0.05, 0.1) is 11.3 Å². The maximum atomic E-state index is 12.3. The Balaban J connectivity index is 2.20. The first-order valence-electron chi connectivity index (χ1n) is 7.11. The summed E-state index contributed by atoms with van der Waals surface area (Å²) in [6, 6.07) is 13.0. The average molecular weight is 311 g/mol. The van der Waals surface area contributed by atoms with Gasteiger partial charge in [-0.15, -0.1) is 0 Å². The van der Waals surface area contributed by atoms with Crippen molar-refractivity contribution in [2.24, 2.45) is 5.73 Å². The molecule has 0 aromatic heterocycles. The van der Waals surface area contributed by atoms with Gasteiger partial charge in [0.2, 0.25) is 5.91 Å². The molecule has 0 bridgehead atoms. The molecule has 0 unspecified atom stereocenters. The Morgan fingerprint density at radius 2 is 1.74 bits per heavy atom. The number of nitrogens with one attached hydrogen (secondary N) is 2. The number of nitrogens with two attached hydrogens (primary N) is 1. The minimum atomic E-state index is -0.621. The van der Waals surface area contributed by atoms with Crippen LogP contribution in [-0.4, -0.2) is 17.7 Å². The molecule has 0 aliphatic heterocycles. The molecule has 0 fully saturated rings. The van der Waals surface area contributed by atoms with Gasteiger partial charge in [0.1, 0.15) is 0 Å². The predicted molar refractivity (Wildman–Crippen MR) is 88.3 cm³/mol. The van der Waals surface area contributed by atoms with Crippen LogP contribution in [0.15, 0.2) is 48.5 Å². The van der Waals surface area contributed by atoms with Crippen molar-refractivity contribution >= 4 is 29.1 Å². The van der Waals surface area contributed by atoms with E-state index in [0.717, 1.165) is 0 Å². The van der Waals surface area contributed by atoms with Crippen LogP contribution in [0.1, 0.15) is 34.1 Å². The van der Waals surface area contributed by atoms with Crippen LogP contribution in [0.3, 0.4) is 0 Å². The van der Waals surface area contributed by atoms with E-state index in [0.29, 0.717) is 23.4 Å². The lowest BCUT2D eigenvalue weighted by Crippen LogP contribution is -2.18. The molecule has 2 rings (SSSR count). The number of anilines is 2. The van der Waals surface area contributed by atoms with Crippen LogP contribution in [-0.2, 0) is 4.79 Å². The zero-order valence-electron chi connectivity index (χ0n) is 12.6. The van der Waals surface area contributed by atoms with Crippen LogP contribution in [0, 0.1) is 0 Å². The van der Waals surface area contributed by atoms with Crippen molar-refractivity contribution in [1.29, 1.82) is 0 Å². The number of hydrogen-bond acceptors (Lipinski definition) is 3. The summed E-state index contributed by atoms with van der Waals surface area (Å²) in [7, 11) is 0. The van der Waals surface area contributed by atoms with Gasteiger partial charge in [0.25, 0.3) is 11.8 Å². The number of amides is 3. The van der Waals surface area contributed by atoms with Crippen LogP contribution in [0.25, 0.3) is 0 Å². The Labute approximate surface area is 133 Å². The van der Waals surface area contributed by atoms with Crippen LogP contribution in [0.5, 0.6) is 0 Å². The third kappa shape index (κ3) is 4.16. The molecular formula is C17H17N3O3. The third-order valence-corrected chi connectivity index (χ3v) is 3.17. The highest BCUT2D eigenvalue weighted by atomic mass is 16.2. The smallest absolute Gasteiger partial charge is 0.255 e. The van der Waals surface area contributed by atoms with Crippen molar-refractivity contribution in [2.75, 3.05) is 10.6 Å². The molecule has 4 N–H and O–H groups in total. The molecule has 0 spiro atoms. The van der Waals surface area contributed by atoms with Crippen molar-refractivity contribution < 1.29 is 14.4 Å². The van der Waals surface area contributed by atoms with E-state index in [4.69, 9.17) is 5.73 Å². The molecule has 0 atom stereocenters. The number of primary amides is 1. The van der Waals surface area contributed by atoms with Gasteiger partial charge in [-0.2, -0.15) is 0 Å². The summed E-state index contributed by atoms with van der Waals surface area (Å²) in [5.41, 5.74) is 6.75. The normalized spacial score (nSPS) is 9.96. The van der Waals surface area contributed by atoms with E-state index >= 15 is 0 Å². The molecule has 0 heterocycles. The molecule has 0 saturated carbocycles. The highest BCUT2D eigenvalue weighted by molar-refractivity contribution is 6.09. The Morgan fingerprint density at radius 1 is 1.00 bits per heavy atom. The second kappa shape index (κ2) is 7.22. The minimum absolute atomic E-state index is 0.137. The van der Waals surface area contributed by atoms with Gasteiger partial charge < -0.3 is 16.4 Å². The zero-order chi connectivity index (χ0) is 16.8. The molecule has 0 saturated heterocycles. The monoisotopic (exact) mass is 311 g/mol. The van der Waals surface area contributed by atoms with E-state index in [2.05, 4.69) is 10.6 Å². The molecule has 6 nitrogen and oxygen atoms in total. The molecule has 118 valence electrons. The van der Waals surface area contributed by atoms with Gasteiger partial charge in [-0.3, -0.25) is 14.4 Å². The maximum absolute atomic E-state index is 12.3. The van der Waals surface area contributed by atoms with Gasteiger partial charge in [0, 0.05) is 17.7 Å². The van der Waals surface area contributed by atoms with E-state index in [9.17, 15) is 14.4 Å². The van der Waals surface area contributed by atoms with E-state index < -0.39 is 11.8 Å².